The number of nitrogens with two attached hydrogens (primary N) is 1. The molecule has 1 rings (SSSR count). The second kappa shape index (κ2) is 4.99. The Balaban J connectivity index is 2.89. The lowest BCUT2D eigenvalue weighted by Crippen LogP contribution is -2.36. The molecular formula is C11H16N4O3. The van der Waals surface area contributed by atoms with E-state index in [1.807, 2.05) is 0 Å². The first-order valence-corrected chi connectivity index (χ1v) is 5.39. The van der Waals surface area contributed by atoms with Crippen molar-refractivity contribution in [1.82, 2.24) is 4.98 Å². The quantitative estimate of drug-likeness (QED) is 0.607. The molecule has 0 aliphatic rings. The number of hydrogen-bond acceptors (Lipinski definition) is 5. The number of nitro groups is 1. The molecule has 0 spiro atoms. The Kier molecular flexibility index (Phi) is 3.85. The topological polar surface area (TPSA) is 111 Å². The number of hydrogen-bond donors (Lipinski definition) is 2. The third kappa shape index (κ3) is 3.69. The summed E-state index contributed by atoms with van der Waals surface area (Å²) in [5, 5.41) is 13.7. The molecule has 18 heavy (non-hydrogen) atoms. The van der Waals surface area contributed by atoms with Crippen LogP contribution in [0.1, 0.15) is 25.8 Å². The van der Waals surface area contributed by atoms with Gasteiger partial charge >= 0.3 is 0 Å². The lowest BCUT2D eigenvalue weighted by atomic mass is 10.0. The van der Waals surface area contributed by atoms with Crippen LogP contribution < -0.4 is 11.1 Å². The summed E-state index contributed by atoms with van der Waals surface area (Å²) in [4.78, 5) is 25.0. The number of nitrogens with one attached hydrogen (secondary N) is 1. The molecule has 0 saturated heterocycles. The fourth-order valence-corrected chi connectivity index (χ4v) is 1.63. The van der Waals surface area contributed by atoms with Crippen molar-refractivity contribution in [2.75, 3.05) is 5.32 Å². The number of amides is 1. The summed E-state index contributed by atoms with van der Waals surface area (Å²) in [6.45, 7) is 5.23. The van der Waals surface area contributed by atoms with Crippen LogP contribution in [0.4, 0.5) is 11.5 Å². The van der Waals surface area contributed by atoms with Crippen LogP contribution in [0, 0.1) is 17.0 Å². The maximum absolute atomic E-state index is 10.9. The van der Waals surface area contributed by atoms with E-state index in [-0.39, 0.29) is 12.1 Å². The van der Waals surface area contributed by atoms with E-state index in [4.69, 9.17) is 5.73 Å². The summed E-state index contributed by atoms with van der Waals surface area (Å²) < 4.78 is 0. The highest BCUT2D eigenvalue weighted by atomic mass is 16.6. The molecule has 3 N–H and O–H groups in total. The van der Waals surface area contributed by atoms with Gasteiger partial charge in [-0.25, -0.2) is 4.98 Å². The molecule has 1 aromatic heterocycles. The molecule has 0 aromatic carbocycles. The standard InChI is InChI=1S/C11H16N4O3/c1-7-4-10(13-6-8(7)15(17)18)14-11(2,3)5-9(12)16/h4,6H,5H2,1-3H3,(H2,12,16)(H,13,14). The molecule has 0 radical (unpaired) electrons. The normalized spacial score (nSPS) is 11.1. The van der Waals surface area contributed by atoms with E-state index in [2.05, 4.69) is 10.3 Å². The van der Waals surface area contributed by atoms with E-state index >= 15 is 0 Å². The highest BCUT2D eigenvalue weighted by Crippen LogP contribution is 2.22. The van der Waals surface area contributed by atoms with Gasteiger partial charge in [0.1, 0.15) is 12.0 Å². The van der Waals surface area contributed by atoms with Crippen LogP contribution in [0.15, 0.2) is 12.3 Å². The SMILES string of the molecule is Cc1cc(NC(C)(C)CC(N)=O)ncc1[N+](=O)[O-]. The van der Waals surface area contributed by atoms with Gasteiger partial charge in [-0.15, -0.1) is 0 Å². The van der Waals surface area contributed by atoms with E-state index in [1.54, 1.807) is 26.8 Å². The smallest absolute Gasteiger partial charge is 0.290 e. The molecule has 0 aliphatic heterocycles. The molecule has 7 heteroatoms. The number of pyridine rings is 1. The fraction of sp³-hybridized carbons (Fsp3) is 0.455. The van der Waals surface area contributed by atoms with Crippen LogP contribution in [0.25, 0.3) is 0 Å². The minimum Gasteiger partial charge on any atom is -0.370 e. The summed E-state index contributed by atoms with van der Waals surface area (Å²) in [7, 11) is 0. The number of carbonyl (C=O) groups is 1. The first-order chi connectivity index (χ1) is 8.21. The predicted octanol–water partition coefficient (Wildman–Crippen LogP) is 1.36. The van der Waals surface area contributed by atoms with E-state index < -0.39 is 16.4 Å². The summed E-state index contributed by atoms with van der Waals surface area (Å²) in [5.74, 6) is 0.0514. The zero-order valence-corrected chi connectivity index (χ0v) is 10.6. The molecule has 7 nitrogen and oxygen atoms in total. The van der Waals surface area contributed by atoms with E-state index in [9.17, 15) is 14.9 Å². The Morgan fingerprint density at radius 2 is 2.22 bits per heavy atom. The van der Waals surface area contributed by atoms with Crippen molar-refractivity contribution in [3.63, 3.8) is 0 Å². The van der Waals surface area contributed by atoms with Crippen LogP contribution in [0.3, 0.4) is 0 Å². The highest BCUT2D eigenvalue weighted by molar-refractivity contribution is 5.75. The first kappa shape index (κ1) is 13.9. The van der Waals surface area contributed by atoms with Crippen molar-refractivity contribution < 1.29 is 9.72 Å². The van der Waals surface area contributed by atoms with E-state index in [0.717, 1.165) is 0 Å². The number of primary amides is 1. The van der Waals surface area contributed by atoms with Gasteiger partial charge in [0.15, 0.2) is 0 Å². The summed E-state index contributed by atoms with van der Waals surface area (Å²) in [6, 6.07) is 1.57. The molecule has 0 fully saturated rings. The van der Waals surface area contributed by atoms with Gasteiger partial charge < -0.3 is 11.1 Å². The molecule has 1 aromatic rings. The van der Waals surface area contributed by atoms with Crippen LogP contribution in [0.5, 0.6) is 0 Å². The van der Waals surface area contributed by atoms with Crippen molar-refractivity contribution in [1.29, 1.82) is 0 Å². The minimum atomic E-state index is -0.554. The number of carbonyl (C=O) groups excluding carboxylic acids is 1. The Hall–Kier alpha value is -2.18. The molecule has 1 heterocycles. The number of anilines is 1. The van der Waals surface area contributed by atoms with Gasteiger partial charge in [-0.3, -0.25) is 14.9 Å². The van der Waals surface area contributed by atoms with Crippen molar-refractivity contribution in [3.8, 4) is 0 Å². The van der Waals surface area contributed by atoms with Crippen LogP contribution >= 0.6 is 0 Å². The number of aryl methyl sites for hydroxylation is 1. The van der Waals surface area contributed by atoms with Crippen molar-refractivity contribution in [2.45, 2.75) is 32.7 Å². The number of rotatable bonds is 5. The molecule has 0 aliphatic carbocycles. The van der Waals surface area contributed by atoms with Gasteiger partial charge in [0.05, 0.1) is 4.92 Å². The molecule has 0 atom stereocenters. The Bertz CT molecular complexity index is 485. The van der Waals surface area contributed by atoms with Crippen molar-refractivity contribution in [2.24, 2.45) is 5.73 Å². The third-order valence-corrected chi connectivity index (χ3v) is 2.36. The molecule has 1 amide bonds. The Morgan fingerprint density at radius 1 is 1.61 bits per heavy atom. The lowest BCUT2D eigenvalue weighted by Gasteiger charge is -2.25. The molecule has 0 saturated carbocycles. The van der Waals surface area contributed by atoms with E-state index in [1.165, 1.54) is 6.20 Å². The average Bonchev–Trinajstić information content (AvgIpc) is 2.13. The fourth-order valence-electron chi connectivity index (χ4n) is 1.63. The maximum atomic E-state index is 10.9. The third-order valence-electron chi connectivity index (χ3n) is 2.36. The van der Waals surface area contributed by atoms with E-state index in [0.29, 0.717) is 11.4 Å². The van der Waals surface area contributed by atoms with Crippen LogP contribution in [-0.2, 0) is 4.79 Å². The van der Waals surface area contributed by atoms with Crippen molar-refractivity contribution >= 4 is 17.4 Å². The maximum Gasteiger partial charge on any atom is 0.290 e. The summed E-state index contributed by atoms with van der Waals surface area (Å²) in [6.07, 6.45) is 1.34. The average molecular weight is 252 g/mol. The second-order valence-electron chi connectivity index (χ2n) is 4.77. The lowest BCUT2D eigenvalue weighted by molar-refractivity contribution is -0.385. The summed E-state index contributed by atoms with van der Waals surface area (Å²) >= 11 is 0. The van der Waals surface area contributed by atoms with Gasteiger partial charge in [-0.1, -0.05) is 0 Å². The summed E-state index contributed by atoms with van der Waals surface area (Å²) in [5.41, 5.74) is 5.06. The van der Waals surface area contributed by atoms with Crippen LogP contribution in [0.2, 0.25) is 0 Å². The monoisotopic (exact) mass is 252 g/mol. The minimum absolute atomic E-state index is 0.0340. The molecule has 0 bridgehead atoms. The van der Waals surface area contributed by atoms with Gasteiger partial charge in [0, 0.05) is 17.5 Å². The van der Waals surface area contributed by atoms with Crippen molar-refractivity contribution in [3.05, 3.63) is 27.9 Å². The molecule has 98 valence electrons. The number of nitrogens with zero attached hydrogens (tertiary/aromatic N) is 2. The zero-order chi connectivity index (χ0) is 13.9. The van der Waals surface area contributed by atoms with Gasteiger partial charge in [0.25, 0.3) is 5.69 Å². The van der Waals surface area contributed by atoms with Gasteiger partial charge in [-0.2, -0.15) is 0 Å². The second-order valence-corrected chi connectivity index (χ2v) is 4.77. The molecule has 0 unspecified atom stereocenters. The van der Waals surface area contributed by atoms with Crippen LogP contribution in [-0.4, -0.2) is 21.4 Å². The Morgan fingerprint density at radius 3 is 2.67 bits per heavy atom. The predicted molar refractivity (Wildman–Crippen MR) is 67.1 cm³/mol. The largest absolute Gasteiger partial charge is 0.370 e. The molecular weight excluding hydrogens is 236 g/mol. The zero-order valence-electron chi connectivity index (χ0n) is 10.6. The number of aromatic nitrogens is 1. The first-order valence-electron chi connectivity index (χ1n) is 5.39. The van der Waals surface area contributed by atoms with Gasteiger partial charge in [0.2, 0.25) is 5.91 Å². The highest BCUT2D eigenvalue weighted by Gasteiger charge is 2.21. The van der Waals surface area contributed by atoms with Gasteiger partial charge in [-0.05, 0) is 26.8 Å². The Labute approximate surface area is 105 Å².